The molecule has 1 unspecified atom stereocenters. The predicted molar refractivity (Wildman–Crippen MR) is 164 cm³/mol. The molecule has 3 saturated carbocycles. The number of carbonyl (C=O) groups is 5. The van der Waals surface area contributed by atoms with E-state index in [0.29, 0.717) is 24.9 Å². The minimum atomic E-state index is -1.08. The van der Waals surface area contributed by atoms with Crippen LogP contribution < -0.4 is 16.4 Å². The molecule has 3 aliphatic carbocycles. The average Bonchev–Trinajstić information content (AvgIpc) is 3.12. The number of rotatable bonds is 9. The fourth-order valence-corrected chi connectivity index (χ4v) is 8.69. The predicted octanol–water partition coefficient (Wildman–Crippen LogP) is 3.37. The van der Waals surface area contributed by atoms with Gasteiger partial charge in [-0.05, 0) is 66.9 Å². The number of nitrogens with two attached hydrogens (primary N) is 1. The fraction of sp³-hybridized carbons (Fsp3) is 0.676. The third-order valence-corrected chi connectivity index (χ3v) is 12.0. The van der Waals surface area contributed by atoms with Crippen LogP contribution in [0.4, 0.5) is 0 Å². The van der Waals surface area contributed by atoms with Gasteiger partial charge >= 0.3 is 0 Å². The van der Waals surface area contributed by atoms with Crippen molar-refractivity contribution >= 4 is 29.4 Å². The third-order valence-electron chi connectivity index (χ3n) is 12.0. The van der Waals surface area contributed by atoms with Crippen molar-refractivity contribution in [2.24, 2.45) is 33.3 Å². The molecule has 2 spiro atoms. The summed E-state index contributed by atoms with van der Waals surface area (Å²) in [7, 11) is 0. The number of ketones is 1. The van der Waals surface area contributed by atoms with Gasteiger partial charge in [-0.25, -0.2) is 0 Å². The van der Waals surface area contributed by atoms with Gasteiger partial charge in [0.2, 0.25) is 17.6 Å². The van der Waals surface area contributed by atoms with E-state index >= 15 is 0 Å². The van der Waals surface area contributed by atoms with E-state index in [9.17, 15) is 29.1 Å². The van der Waals surface area contributed by atoms with E-state index in [2.05, 4.69) is 24.5 Å². The standard InChI is InChI=1S/C34H48N4O6/c1-19-21(12-8-13-24(19)39)28(42)37-26(31(2,3)4)30(44)38-18-34(32(5,6)33(34)14-9-15-33)17-23(38)29(43)36-22(25(40)27(35)41)16-20-10-7-11-20/h8,12-13,20,22-23,26,39H,7,9-11,14-18H2,1-6H3,(H2,35,41)(H,36,43)(H,37,42)/t22?,23-,26+,34+/m0/s1. The number of hydrogen-bond donors (Lipinski definition) is 4. The van der Waals surface area contributed by atoms with Gasteiger partial charge in [0.15, 0.2) is 0 Å². The van der Waals surface area contributed by atoms with Crippen LogP contribution in [-0.4, -0.2) is 64.1 Å². The van der Waals surface area contributed by atoms with Crippen molar-refractivity contribution in [1.82, 2.24) is 15.5 Å². The number of nitrogens with one attached hydrogen (secondary N) is 2. The second-order valence-corrected chi connectivity index (χ2v) is 15.4. The Morgan fingerprint density at radius 2 is 1.70 bits per heavy atom. The van der Waals surface area contributed by atoms with Gasteiger partial charge in [-0.2, -0.15) is 0 Å². The Kier molecular flexibility index (Phi) is 7.90. The average molecular weight is 609 g/mol. The Morgan fingerprint density at radius 1 is 1.05 bits per heavy atom. The Bertz CT molecular complexity index is 1390. The van der Waals surface area contributed by atoms with E-state index in [4.69, 9.17) is 5.73 Å². The Labute approximate surface area is 259 Å². The number of amides is 4. The van der Waals surface area contributed by atoms with E-state index in [1.165, 1.54) is 6.07 Å². The second kappa shape index (κ2) is 10.9. The highest BCUT2D eigenvalue weighted by molar-refractivity contribution is 6.37. The number of nitrogens with zero attached hydrogens (tertiary/aromatic N) is 1. The number of likely N-dealkylation sites (tertiary alicyclic amines) is 1. The molecule has 4 atom stereocenters. The number of phenols is 1. The highest BCUT2D eigenvalue weighted by atomic mass is 16.3. The number of primary amides is 1. The summed E-state index contributed by atoms with van der Waals surface area (Å²) < 4.78 is 0. The summed E-state index contributed by atoms with van der Waals surface area (Å²) in [4.78, 5) is 68.5. The van der Waals surface area contributed by atoms with E-state index in [0.717, 1.165) is 38.5 Å². The number of phenolic OH excluding ortho intramolecular Hbond substituents is 1. The van der Waals surface area contributed by atoms with Crippen LogP contribution in [0.15, 0.2) is 18.2 Å². The SMILES string of the molecule is Cc1c(O)cccc1C(=O)N[C@H](C(=O)N1C[C@]2(C[C@H]1C(=O)NC(CC1CCC1)C(=O)C(N)=O)C(C)(C)C21CCC1)C(C)(C)C. The number of Topliss-reactive ketones (excluding diaryl/α,β-unsaturated/α-hetero) is 1. The minimum Gasteiger partial charge on any atom is -0.508 e. The zero-order valence-corrected chi connectivity index (χ0v) is 26.9. The van der Waals surface area contributed by atoms with E-state index in [-0.39, 0.29) is 39.4 Å². The lowest BCUT2D eigenvalue weighted by Crippen LogP contribution is -2.59. The van der Waals surface area contributed by atoms with Gasteiger partial charge in [-0.15, -0.1) is 0 Å². The van der Waals surface area contributed by atoms with Crippen LogP contribution in [0, 0.1) is 34.5 Å². The lowest BCUT2D eigenvalue weighted by Gasteiger charge is -2.36. The highest BCUT2D eigenvalue weighted by Gasteiger charge is 2.85. The summed E-state index contributed by atoms with van der Waals surface area (Å²) in [6, 6.07) is 1.81. The summed E-state index contributed by atoms with van der Waals surface area (Å²) in [6.07, 6.45) is 6.89. The van der Waals surface area contributed by atoms with Gasteiger partial charge in [-0.1, -0.05) is 66.4 Å². The molecule has 4 aliphatic rings. The lowest BCUT2D eigenvalue weighted by molar-refractivity contribution is -0.143. The van der Waals surface area contributed by atoms with E-state index in [1.807, 2.05) is 20.8 Å². The number of carbonyl (C=O) groups excluding carboxylic acids is 5. The molecular weight excluding hydrogens is 560 g/mol. The maximum atomic E-state index is 14.6. The van der Waals surface area contributed by atoms with Crippen LogP contribution in [-0.2, 0) is 19.2 Å². The van der Waals surface area contributed by atoms with Crippen LogP contribution in [0.3, 0.4) is 0 Å². The van der Waals surface area contributed by atoms with Crippen molar-refractivity contribution in [2.75, 3.05) is 6.54 Å². The van der Waals surface area contributed by atoms with Crippen molar-refractivity contribution in [3.8, 4) is 5.75 Å². The van der Waals surface area contributed by atoms with Crippen molar-refractivity contribution in [2.45, 2.75) is 111 Å². The van der Waals surface area contributed by atoms with E-state index in [1.54, 1.807) is 24.0 Å². The third kappa shape index (κ3) is 4.88. The molecular formula is C34H48N4O6. The molecule has 0 bridgehead atoms. The van der Waals surface area contributed by atoms with Gasteiger partial charge < -0.3 is 26.4 Å². The molecule has 4 amide bonds. The summed E-state index contributed by atoms with van der Waals surface area (Å²) in [5.41, 5.74) is 5.02. The maximum absolute atomic E-state index is 14.6. The van der Waals surface area contributed by atoms with Crippen LogP contribution in [0.5, 0.6) is 5.75 Å². The van der Waals surface area contributed by atoms with Crippen LogP contribution in [0.25, 0.3) is 0 Å². The zero-order valence-electron chi connectivity index (χ0n) is 26.9. The molecule has 44 heavy (non-hydrogen) atoms. The molecule has 10 heteroatoms. The molecule has 1 aliphatic heterocycles. The highest BCUT2D eigenvalue weighted by Crippen LogP contribution is 2.88. The normalized spacial score (nSPS) is 26.3. The Balaban J connectivity index is 1.45. The summed E-state index contributed by atoms with van der Waals surface area (Å²) in [5.74, 6) is -3.00. The smallest absolute Gasteiger partial charge is 0.287 e. The Hall–Kier alpha value is -3.43. The first-order valence-electron chi connectivity index (χ1n) is 16.0. The van der Waals surface area contributed by atoms with Gasteiger partial charge in [0.05, 0.1) is 6.04 Å². The molecule has 1 aromatic carbocycles. The van der Waals surface area contributed by atoms with Crippen LogP contribution in [0.1, 0.15) is 102 Å². The largest absolute Gasteiger partial charge is 0.508 e. The van der Waals surface area contributed by atoms with E-state index < -0.39 is 47.0 Å². The first-order chi connectivity index (χ1) is 20.5. The minimum absolute atomic E-state index is 0.0155. The van der Waals surface area contributed by atoms with Gasteiger partial charge in [0.25, 0.3) is 11.8 Å². The van der Waals surface area contributed by atoms with Gasteiger partial charge in [-0.3, -0.25) is 24.0 Å². The number of aromatic hydroxyl groups is 1. The lowest BCUT2D eigenvalue weighted by atomic mass is 9.73. The van der Waals surface area contributed by atoms with Crippen molar-refractivity contribution < 1.29 is 29.1 Å². The summed E-state index contributed by atoms with van der Waals surface area (Å²) >= 11 is 0. The second-order valence-electron chi connectivity index (χ2n) is 15.4. The molecule has 4 fully saturated rings. The van der Waals surface area contributed by atoms with Crippen LogP contribution >= 0.6 is 0 Å². The number of fused-ring (bicyclic) bond motifs is 1. The fourth-order valence-electron chi connectivity index (χ4n) is 8.69. The molecule has 1 heterocycles. The van der Waals surface area contributed by atoms with Crippen LogP contribution in [0.2, 0.25) is 0 Å². The Morgan fingerprint density at radius 3 is 2.20 bits per heavy atom. The van der Waals surface area contributed by atoms with Crippen molar-refractivity contribution in [1.29, 1.82) is 0 Å². The van der Waals surface area contributed by atoms with Crippen molar-refractivity contribution in [3.05, 3.63) is 29.3 Å². The number of hydrogen-bond acceptors (Lipinski definition) is 6. The van der Waals surface area contributed by atoms with Gasteiger partial charge in [0, 0.05) is 23.1 Å². The topological polar surface area (TPSA) is 159 Å². The number of benzene rings is 1. The van der Waals surface area contributed by atoms with Gasteiger partial charge in [0.1, 0.15) is 17.8 Å². The first kappa shape index (κ1) is 32.0. The maximum Gasteiger partial charge on any atom is 0.287 e. The molecule has 0 radical (unpaired) electrons. The molecule has 1 aromatic rings. The molecule has 0 aromatic heterocycles. The summed E-state index contributed by atoms with van der Waals surface area (Å²) in [6.45, 7) is 12.0. The summed E-state index contributed by atoms with van der Waals surface area (Å²) in [5, 5.41) is 15.9. The van der Waals surface area contributed by atoms with Crippen molar-refractivity contribution in [3.63, 3.8) is 0 Å². The molecule has 5 N–H and O–H groups in total. The molecule has 240 valence electrons. The zero-order chi connectivity index (χ0) is 32.4. The molecule has 5 rings (SSSR count). The first-order valence-corrected chi connectivity index (χ1v) is 16.0. The molecule has 1 saturated heterocycles. The molecule has 10 nitrogen and oxygen atoms in total. The quantitative estimate of drug-likeness (QED) is 0.315. The monoisotopic (exact) mass is 608 g/mol.